The molecule has 2 atom stereocenters. The third kappa shape index (κ3) is 5.14. The molecule has 3 rings (SSSR count). The number of benzene rings is 1. The van der Waals surface area contributed by atoms with Gasteiger partial charge in [-0.2, -0.15) is 0 Å². The molecule has 31 heavy (non-hydrogen) atoms. The monoisotopic (exact) mass is 428 g/mol. The first-order chi connectivity index (χ1) is 14.5. The van der Waals surface area contributed by atoms with Crippen molar-refractivity contribution in [2.24, 2.45) is 11.3 Å². The van der Waals surface area contributed by atoms with Crippen LogP contribution in [0.3, 0.4) is 0 Å². The Bertz CT molecular complexity index is 876. The number of ether oxygens (including phenoxy) is 1. The van der Waals surface area contributed by atoms with Gasteiger partial charge in [0.15, 0.2) is 12.4 Å². The van der Waals surface area contributed by atoms with Crippen molar-refractivity contribution < 1.29 is 23.9 Å². The van der Waals surface area contributed by atoms with E-state index in [4.69, 9.17) is 4.74 Å². The molecule has 0 aromatic heterocycles. The summed E-state index contributed by atoms with van der Waals surface area (Å²) in [6.07, 6.45) is 4.02. The van der Waals surface area contributed by atoms with Crippen LogP contribution in [0, 0.1) is 11.3 Å². The van der Waals surface area contributed by atoms with Crippen LogP contribution in [0.15, 0.2) is 24.3 Å². The summed E-state index contributed by atoms with van der Waals surface area (Å²) in [5.41, 5.74) is 0.550. The van der Waals surface area contributed by atoms with Gasteiger partial charge in [0.2, 0.25) is 0 Å². The van der Waals surface area contributed by atoms with E-state index < -0.39 is 30.7 Å². The Labute approximate surface area is 183 Å². The predicted octanol–water partition coefficient (Wildman–Crippen LogP) is 3.50. The number of Topliss-reactive ketones (excluding diaryl/α,β-unsaturated/α-hetero) is 1. The molecule has 3 amide bonds. The molecule has 0 bridgehead atoms. The molecular formula is C24H32N2O5. The SMILES string of the molecule is CCCc1ccc(C(=O)COC(=O)CN2C(=O)N[C@]3(C[C@@H](C)CC(C)(C)C3)C2=O)cc1. The number of ketones is 1. The van der Waals surface area contributed by atoms with Crippen LogP contribution in [-0.2, 0) is 20.7 Å². The van der Waals surface area contributed by atoms with E-state index in [0.717, 1.165) is 29.7 Å². The number of amides is 3. The summed E-state index contributed by atoms with van der Waals surface area (Å²) >= 11 is 0. The van der Waals surface area contributed by atoms with E-state index in [1.54, 1.807) is 12.1 Å². The highest BCUT2D eigenvalue weighted by Crippen LogP contribution is 2.46. The molecule has 1 saturated heterocycles. The highest BCUT2D eigenvalue weighted by atomic mass is 16.5. The third-order valence-corrected chi connectivity index (χ3v) is 6.09. The summed E-state index contributed by atoms with van der Waals surface area (Å²) < 4.78 is 5.07. The molecule has 0 radical (unpaired) electrons. The maximum atomic E-state index is 13.1. The van der Waals surface area contributed by atoms with Gasteiger partial charge in [-0.3, -0.25) is 19.3 Å². The summed E-state index contributed by atoms with van der Waals surface area (Å²) in [5.74, 6) is -1.21. The van der Waals surface area contributed by atoms with Crippen molar-refractivity contribution in [3.63, 3.8) is 0 Å². The molecule has 1 N–H and O–H groups in total. The number of rotatable bonds is 7. The van der Waals surface area contributed by atoms with Crippen LogP contribution in [-0.4, -0.2) is 47.3 Å². The number of urea groups is 1. The number of esters is 1. The zero-order valence-electron chi connectivity index (χ0n) is 18.8. The minimum Gasteiger partial charge on any atom is -0.456 e. The topological polar surface area (TPSA) is 92.8 Å². The lowest BCUT2D eigenvalue weighted by molar-refractivity contribution is -0.147. The van der Waals surface area contributed by atoms with E-state index in [1.807, 2.05) is 12.1 Å². The molecule has 1 aliphatic carbocycles. The Morgan fingerprint density at radius 1 is 1.16 bits per heavy atom. The van der Waals surface area contributed by atoms with Crippen LogP contribution in [0.5, 0.6) is 0 Å². The predicted molar refractivity (Wildman–Crippen MR) is 115 cm³/mol. The average Bonchev–Trinajstić information content (AvgIpc) is 2.88. The lowest BCUT2D eigenvalue weighted by atomic mass is 9.64. The third-order valence-electron chi connectivity index (χ3n) is 6.09. The minimum atomic E-state index is -0.964. The Hall–Kier alpha value is -2.70. The molecule has 7 nitrogen and oxygen atoms in total. The van der Waals surface area contributed by atoms with E-state index in [1.165, 1.54) is 0 Å². The molecule has 168 valence electrons. The van der Waals surface area contributed by atoms with E-state index in [9.17, 15) is 19.2 Å². The van der Waals surface area contributed by atoms with Crippen molar-refractivity contribution in [3.8, 4) is 0 Å². The lowest BCUT2D eigenvalue weighted by Crippen LogP contribution is -2.54. The largest absolute Gasteiger partial charge is 0.456 e. The van der Waals surface area contributed by atoms with Gasteiger partial charge in [0.1, 0.15) is 12.1 Å². The Morgan fingerprint density at radius 2 is 1.84 bits per heavy atom. The van der Waals surface area contributed by atoms with E-state index in [2.05, 4.69) is 33.0 Å². The number of nitrogens with zero attached hydrogens (tertiary/aromatic N) is 1. The molecular weight excluding hydrogens is 396 g/mol. The number of imide groups is 1. The van der Waals surface area contributed by atoms with Gasteiger partial charge >= 0.3 is 12.0 Å². The number of hydrogen-bond acceptors (Lipinski definition) is 5. The maximum Gasteiger partial charge on any atom is 0.326 e. The van der Waals surface area contributed by atoms with E-state index >= 15 is 0 Å². The van der Waals surface area contributed by atoms with Gasteiger partial charge in [0.25, 0.3) is 5.91 Å². The van der Waals surface area contributed by atoms with E-state index in [-0.39, 0.29) is 23.0 Å². The number of nitrogens with one attached hydrogen (secondary N) is 1. The Balaban J connectivity index is 1.57. The standard InChI is InChI=1S/C24H32N2O5/c1-5-6-17-7-9-18(10-8-17)19(27)14-31-20(28)13-26-21(29)24(25-22(26)30)12-16(2)11-23(3,4)15-24/h7-10,16H,5-6,11-15H2,1-4H3,(H,25,30)/t16-,24-/m0/s1. The van der Waals surface area contributed by atoms with Gasteiger partial charge in [0.05, 0.1) is 0 Å². The first-order valence-electron chi connectivity index (χ1n) is 11.0. The van der Waals surface area contributed by atoms with E-state index in [0.29, 0.717) is 18.4 Å². The molecule has 2 fully saturated rings. The zero-order valence-corrected chi connectivity index (χ0v) is 18.8. The fourth-order valence-corrected chi connectivity index (χ4v) is 5.20. The van der Waals surface area contributed by atoms with Crippen LogP contribution in [0.4, 0.5) is 4.79 Å². The van der Waals surface area contributed by atoms with Crippen molar-refractivity contribution in [3.05, 3.63) is 35.4 Å². The molecule has 0 unspecified atom stereocenters. The fraction of sp³-hybridized carbons (Fsp3) is 0.583. The van der Waals surface area contributed by atoms with Gasteiger partial charge in [-0.05, 0) is 42.6 Å². The second-order valence-electron chi connectivity index (χ2n) is 9.79. The number of aryl methyl sites for hydroxylation is 1. The minimum absolute atomic E-state index is 0.0871. The summed E-state index contributed by atoms with van der Waals surface area (Å²) in [4.78, 5) is 51.0. The highest BCUT2D eigenvalue weighted by molar-refractivity contribution is 6.09. The van der Waals surface area contributed by atoms with Crippen LogP contribution >= 0.6 is 0 Å². The van der Waals surface area contributed by atoms with Crippen molar-refractivity contribution in [2.45, 2.75) is 65.3 Å². The van der Waals surface area contributed by atoms with Crippen LogP contribution < -0.4 is 5.32 Å². The normalized spacial score (nSPS) is 24.9. The van der Waals surface area contributed by atoms with Gasteiger partial charge in [-0.15, -0.1) is 0 Å². The molecule has 1 aromatic carbocycles. The first kappa shape index (κ1) is 23.0. The molecule has 1 spiro atoms. The van der Waals surface area contributed by atoms with Crippen molar-refractivity contribution >= 4 is 23.7 Å². The van der Waals surface area contributed by atoms with Crippen molar-refractivity contribution in [1.29, 1.82) is 0 Å². The smallest absolute Gasteiger partial charge is 0.326 e. The number of carbonyl (C=O) groups is 4. The molecule has 1 heterocycles. The molecule has 7 heteroatoms. The van der Waals surface area contributed by atoms with Gasteiger partial charge < -0.3 is 10.1 Å². The molecule has 2 aliphatic rings. The second kappa shape index (κ2) is 8.81. The van der Waals surface area contributed by atoms with Crippen molar-refractivity contribution in [2.75, 3.05) is 13.2 Å². The first-order valence-corrected chi connectivity index (χ1v) is 11.0. The van der Waals surface area contributed by atoms with Gasteiger partial charge in [-0.1, -0.05) is 58.4 Å². The number of carbonyl (C=O) groups excluding carboxylic acids is 4. The van der Waals surface area contributed by atoms with Crippen molar-refractivity contribution in [1.82, 2.24) is 10.2 Å². The summed E-state index contributed by atoms with van der Waals surface area (Å²) in [7, 11) is 0. The van der Waals surface area contributed by atoms with Crippen LogP contribution in [0.1, 0.15) is 69.3 Å². The summed E-state index contributed by atoms with van der Waals surface area (Å²) in [6, 6.07) is 6.63. The Kier molecular flexibility index (Phi) is 6.53. The Morgan fingerprint density at radius 3 is 2.45 bits per heavy atom. The average molecular weight is 429 g/mol. The van der Waals surface area contributed by atoms with Crippen LogP contribution in [0.2, 0.25) is 0 Å². The van der Waals surface area contributed by atoms with Gasteiger partial charge in [0, 0.05) is 5.56 Å². The summed E-state index contributed by atoms with van der Waals surface area (Å²) in [5, 5.41) is 2.83. The van der Waals surface area contributed by atoms with Crippen LogP contribution in [0.25, 0.3) is 0 Å². The number of hydrogen-bond donors (Lipinski definition) is 1. The molecule has 1 aromatic rings. The molecule has 1 saturated carbocycles. The zero-order chi connectivity index (χ0) is 22.8. The maximum absolute atomic E-state index is 13.1. The quantitative estimate of drug-likeness (QED) is 0.408. The van der Waals surface area contributed by atoms with Gasteiger partial charge in [-0.25, -0.2) is 4.79 Å². The second-order valence-corrected chi connectivity index (χ2v) is 9.79. The highest BCUT2D eigenvalue weighted by Gasteiger charge is 2.56. The lowest BCUT2D eigenvalue weighted by Gasteiger charge is -2.43. The fourth-order valence-electron chi connectivity index (χ4n) is 5.20. The summed E-state index contributed by atoms with van der Waals surface area (Å²) in [6.45, 7) is 7.40. The molecule has 1 aliphatic heterocycles.